The molecule has 0 spiro atoms. The van der Waals surface area contributed by atoms with Gasteiger partial charge in [0.1, 0.15) is 6.54 Å². The first-order chi connectivity index (χ1) is 12.4. The maximum Gasteiger partial charge on any atom is 0.240 e. The first-order valence-corrected chi connectivity index (χ1v) is 10.6. The second-order valence-corrected chi connectivity index (χ2v) is 9.33. The molecule has 3 rings (SSSR count). The van der Waals surface area contributed by atoms with Gasteiger partial charge in [-0.3, -0.25) is 9.59 Å². The van der Waals surface area contributed by atoms with Crippen LogP contribution in [0.15, 0.2) is 40.6 Å². The Bertz CT molecular complexity index is 786. The van der Waals surface area contributed by atoms with Crippen LogP contribution in [-0.2, 0) is 16.0 Å². The number of benzene rings is 1. The Labute approximate surface area is 163 Å². The molecular weight excluding hydrogens is 364 g/mol. The molecule has 2 heterocycles. The Morgan fingerprint density at radius 3 is 2.65 bits per heavy atom. The van der Waals surface area contributed by atoms with Crippen molar-refractivity contribution in [2.75, 3.05) is 17.2 Å². The molecule has 1 N–H and O–H groups in total. The number of thiophene rings is 1. The number of nitrogens with zero attached hydrogens (tertiary/aromatic N) is 1. The quantitative estimate of drug-likeness (QED) is 0.804. The van der Waals surface area contributed by atoms with Gasteiger partial charge in [0.2, 0.25) is 11.8 Å². The molecule has 0 bridgehead atoms. The lowest BCUT2D eigenvalue weighted by atomic mass is 10.1. The minimum atomic E-state index is -0.135. The van der Waals surface area contributed by atoms with E-state index < -0.39 is 0 Å². The van der Waals surface area contributed by atoms with Gasteiger partial charge in [-0.25, -0.2) is 0 Å². The first-order valence-electron chi connectivity index (χ1n) is 8.84. The summed E-state index contributed by atoms with van der Waals surface area (Å²) in [7, 11) is 0. The molecule has 6 heteroatoms. The molecule has 1 aromatic carbocycles. The van der Waals surface area contributed by atoms with Gasteiger partial charge in [0, 0.05) is 4.88 Å². The third kappa shape index (κ3) is 4.48. The van der Waals surface area contributed by atoms with E-state index in [1.165, 1.54) is 4.88 Å². The van der Waals surface area contributed by atoms with Gasteiger partial charge in [0.25, 0.3) is 0 Å². The van der Waals surface area contributed by atoms with E-state index >= 15 is 0 Å². The number of amides is 2. The minimum absolute atomic E-state index is 0.00101. The first kappa shape index (κ1) is 19.0. The van der Waals surface area contributed by atoms with Crippen molar-refractivity contribution in [3.8, 4) is 0 Å². The minimum Gasteiger partial charge on any atom is -0.348 e. The van der Waals surface area contributed by atoms with Crippen LogP contribution in [0.4, 0.5) is 5.69 Å². The van der Waals surface area contributed by atoms with Crippen LogP contribution in [0.25, 0.3) is 0 Å². The normalized spacial score (nSPS) is 15.1. The maximum absolute atomic E-state index is 12.5. The van der Waals surface area contributed by atoms with Crippen molar-refractivity contribution in [3.63, 3.8) is 0 Å². The van der Waals surface area contributed by atoms with Gasteiger partial charge in [-0.05, 0) is 30.9 Å². The summed E-state index contributed by atoms with van der Waals surface area (Å²) in [6.07, 6.45) is 0.998. The average Bonchev–Trinajstić information content (AvgIpc) is 3.00. The van der Waals surface area contributed by atoms with Crippen LogP contribution in [0.2, 0.25) is 0 Å². The van der Waals surface area contributed by atoms with Crippen molar-refractivity contribution in [1.29, 1.82) is 0 Å². The van der Waals surface area contributed by atoms with E-state index in [1.54, 1.807) is 28.0 Å². The lowest BCUT2D eigenvalue weighted by molar-refractivity contribution is -0.123. The number of carbonyl (C=O) groups is 2. The molecule has 4 nitrogen and oxygen atoms in total. The zero-order valence-corrected chi connectivity index (χ0v) is 17.0. The van der Waals surface area contributed by atoms with E-state index in [4.69, 9.17) is 0 Å². The molecule has 138 valence electrons. The fraction of sp³-hybridized carbons (Fsp3) is 0.400. The molecule has 0 saturated heterocycles. The van der Waals surface area contributed by atoms with Crippen LogP contribution < -0.4 is 10.2 Å². The van der Waals surface area contributed by atoms with Crippen molar-refractivity contribution in [1.82, 2.24) is 5.32 Å². The van der Waals surface area contributed by atoms with E-state index in [-0.39, 0.29) is 24.4 Å². The number of fused-ring (bicyclic) bond motifs is 1. The molecule has 2 amide bonds. The Morgan fingerprint density at radius 1 is 1.23 bits per heavy atom. The topological polar surface area (TPSA) is 49.4 Å². The number of anilines is 1. The van der Waals surface area contributed by atoms with Crippen LogP contribution in [0.1, 0.15) is 37.3 Å². The SMILES string of the molecule is CC(C)Cc1cc2c(s1)SCC(=O)N2CC(=O)NC(C)c1ccccc1. The molecule has 2 aromatic rings. The summed E-state index contributed by atoms with van der Waals surface area (Å²) in [6.45, 7) is 6.40. The van der Waals surface area contributed by atoms with Crippen molar-refractivity contribution in [2.24, 2.45) is 5.92 Å². The molecule has 1 unspecified atom stereocenters. The van der Waals surface area contributed by atoms with Gasteiger partial charge < -0.3 is 10.2 Å². The van der Waals surface area contributed by atoms with Crippen molar-refractivity contribution < 1.29 is 9.59 Å². The monoisotopic (exact) mass is 388 g/mol. The third-order valence-corrected chi connectivity index (χ3v) is 6.64. The maximum atomic E-state index is 12.5. The van der Waals surface area contributed by atoms with E-state index in [0.29, 0.717) is 11.7 Å². The van der Waals surface area contributed by atoms with Crippen LogP contribution in [0.5, 0.6) is 0 Å². The molecular formula is C20H24N2O2S2. The Hall–Kier alpha value is -1.79. The van der Waals surface area contributed by atoms with Crippen molar-refractivity contribution in [3.05, 3.63) is 46.8 Å². The van der Waals surface area contributed by atoms with E-state index in [1.807, 2.05) is 37.3 Å². The smallest absolute Gasteiger partial charge is 0.240 e. The molecule has 1 aromatic heterocycles. The molecule has 0 saturated carbocycles. The summed E-state index contributed by atoms with van der Waals surface area (Å²) in [5.74, 6) is 0.832. The number of thioether (sulfide) groups is 1. The molecule has 0 aliphatic carbocycles. The second kappa shape index (κ2) is 8.27. The summed E-state index contributed by atoms with van der Waals surface area (Å²) in [5, 5.41) is 3.00. The highest BCUT2D eigenvalue weighted by Gasteiger charge is 2.29. The van der Waals surface area contributed by atoms with Gasteiger partial charge >= 0.3 is 0 Å². The van der Waals surface area contributed by atoms with Gasteiger partial charge in [-0.1, -0.05) is 44.2 Å². The summed E-state index contributed by atoms with van der Waals surface area (Å²) in [4.78, 5) is 27.8. The molecule has 0 fully saturated rings. The van der Waals surface area contributed by atoms with Gasteiger partial charge in [0.15, 0.2) is 0 Å². The van der Waals surface area contributed by atoms with Crippen LogP contribution in [0, 0.1) is 5.92 Å². The molecule has 26 heavy (non-hydrogen) atoms. The zero-order valence-electron chi connectivity index (χ0n) is 15.3. The largest absolute Gasteiger partial charge is 0.348 e. The fourth-order valence-electron chi connectivity index (χ4n) is 2.98. The standard InChI is InChI=1S/C20H24N2O2S2/c1-13(2)9-16-10-17-20(26-16)25-12-19(24)22(17)11-18(23)21-14(3)15-7-5-4-6-8-15/h4-8,10,13-14H,9,11-12H2,1-3H3,(H,21,23). The fourth-order valence-corrected chi connectivity index (χ4v) is 5.54. The Kier molecular flexibility index (Phi) is 6.04. The number of carbonyl (C=O) groups excluding carboxylic acids is 2. The highest BCUT2D eigenvalue weighted by atomic mass is 32.2. The number of hydrogen-bond acceptors (Lipinski definition) is 4. The summed E-state index contributed by atoms with van der Waals surface area (Å²) < 4.78 is 1.14. The van der Waals surface area contributed by atoms with Gasteiger partial charge in [-0.2, -0.15) is 0 Å². The average molecular weight is 389 g/mol. The lowest BCUT2D eigenvalue weighted by Gasteiger charge is -2.26. The van der Waals surface area contributed by atoms with E-state index in [2.05, 4.69) is 25.2 Å². The number of nitrogens with one attached hydrogen (secondary N) is 1. The highest BCUT2D eigenvalue weighted by Crippen LogP contribution is 2.42. The Morgan fingerprint density at radius 2 is 1.96 bits per heavy atom. The lowest BCUT2D eigenvalue weighted by Crippen LogP contribution is -2.43. The highest BCUT2D eigenvalue weighted by molar-refractivity contribution is 8.02. The predicted molar refractivity (Wildman–Crippen MR) is 109 cm³/mol. The van der Waals surface area contributed by atoms with Crippen LogP contribution in [-0.4, -0.2) is 24.1 Å². The second-order valence-electron chi connectivity index (χ2n) is 6.95. The Balaban J connectivity index is 1.70. The van der Waals surface area contributed by atoms with Crippen LogP contribution in [0.3, 0.4) is 0 Å². The number of rotatable bonds is 6. The summed E-state index contributed by atoms with van der Waals surface area (Å²) >= 11 is 3.33. The molecule has 1 atom stereocenters. The summed E-state index contributed by atoms with van der Waals surface area (Å²) in [5.41, 5.74) is 1.95. The third-order valence-electron chi connectivity index (χ3n) is 4.24. The molecule has 1 aliphatic rings. The van der Waals surface area contributed by atoms with E-state index in [0.717, 1.165) is 21.9 Å². The number of hydrogen-bond donors (Lipinski definition) is 1. The van der Waals surface area contributed by atoms with Crippen molar-refractivity contribution >= 4 is 40.6 Å². The van der Waals surface area contributed by atoms with E-state index in [9.17, 15) is 9.59 Å². The molecule has 1 aliphatic heterocycles. The van der Waals surface area contributed by atoms with Crippen molar-refractivity contribution in [2.45, 2.75) is 37.4 Å². The summed E-state index contributed by atoms with van der Waals surface area (Å²) in [6, 6.07) is 11.8. The predicted octanol–water partition coefficient (Wildman–Crippen LogP) is 4.26. The van der Waals surface area contributed by atoms with Gasteiger partial charge in [0.05, 0.1) is 21.7 Å². The van der Waals surface area contributed by atoms with Gasteiger partial charge in [-0.15, -0.1) is 23.1 Å². The molecule has 0 radical (unpaired) electrons. The van der Waals surface area contributed by atoms with Crippen LogP contribution >= 0.6 is 23.1 Å². The zero-order chi connectivity index (χ0) is 18.7.